The van der Waals surface area contributed by atoms with Crippen LogP contribution in [-0.2, 0) is 9.53 Å². The van der Waals surface area contributed by atoms with Crippen LogP contribution in [0.25, 0.3) is 11.1 Å². The van der Waals surface area contributed by atoms with Crippen molar-refractivity contribution in [2.24, 2.45) is 0 Å². The molecule has 0 spiro atoms. The molecule has 0 amide bonds. The van der Waals surface area contributed by atoms with Crippen molar-refractivity contribution in [1.82, 2.24) is 4.90 Å². The molecule has 120 valence electrons. The predicted molar refractivity (Wildman–Crippen MR) is 89.4 cm³/mol. The summed E-state index contributed by atoms with van der Waals surface area (Å²) in [5.41, 5.74) is 3.23. The zero-order valence-corrected chi connectivity index (χ0v) is 13.5. The Labute approximate surface area is 136 Å². The standard InChI is InChI=1S/C19H21NO3/c1-20(2)11-12-22-19(21)13-18-16-9-4-3-7-14(16)15-8-5-6-10-17(15)23-18/h3-10,18H,11-13H2,1-2H3. The minimum atomic E-state index is -0.298. The molecule has 0 aromatic heterocycles. The van der Waals surface area contributed by atoms with Gasteiger partial charge in [-0.2, -0.15) is 0 Å². The Morgan fingerprint density at radius 2 is 1.78 bits per heavy atom. The Hall–Kier alpha value is -2.33. The molecule has 0 N–H and O–H groups in total. The number of fused-ring (bicyclic) bond motifs is 3. The van der Waals surface area contributed by atoms with Gasteiger partial charge in [0.2, 0.25) is 0 Å². The van der Waals surface area contributed by atoms with Gasteiger partial charge in [-0.1, -0.05) is 42.5 Å². The molecule has 23 heavy (non-hydrogen) atoms. The van der Waals surface area contributed by atoms with Crippen molar-refractivity contribution >= 4 is 5.97 Å². The van der Waals surface area contributed by atoms with Gasteiger partial charge in [-0.25, -0.2) is 0 Å². The Morgan fingerprint density at radius 1 is 1.09 bits per heavy atom. The van der Waals surface area contributed by atoms with Gasteiger partial charge in [0.15, 0.2) is 0 Å². The highest BCUT2D eigenvalue weighted by atomic mass is 16.5. The van der Waals surface area contributed by atoms with E-state index < -0.39 is 0 Å². The fraction of sp³-hybridized carbons (Fsp3) is 0.316. The molecule has 1 heterocycles. The maximum atomic E-state index is 12.1. The van der Waals surface area contributed by atoms with Gasteiger partial charge in [-0.3, -0.25) is 4.79 Å². The molecule has 1 aliphatic rings. The lowest BCUT2D eigenvalue weighted by Gasteiger charge is -2.28. The van der Waals surface area contributed by atoms with Crippen molar-refractivity contribution in [3.8, 4) is 16.9 Å². The fourth-order valence-corrected chi connectivity index (χ4v) is 2.74. The van der Waals surface area contributed by atoms with Gasteiger partial charge in [-0.05, 0) is 25.7 Å². The van der Waals surface area contributed by atoms with Crippen LogP contribution >= 0.6 is 0 Å². The monoisotopic (exact) mass is 311 g/mol. The molecule has 0 bridgehead atoms. The van der Waals surface area contributed by atoms with Crippen LogP contribution in [0.15, 0.2) is 48.5 Å². The molecule has 3 rings (SSSR count). The molecule has 1 aliphatic heterocycles. The van der Waals surface area contributed by atoms with E-state index in [0.29, 0.717) is 6.61 Å². The van der Waals surface area contributed by atoms with E-state index >= 15 is 0 Å². The number of benzene rings is 2. The number of nitrogens with zero attached hydrogens (tertiary/aromatic N) is 1. The molecule has 2 aromatic carbocycles. The van der Waals surface area contributed by atoms with Gasteiger partial charge in [-0.15, -0.1) is 0 Å². The number of carbonyl (C=O) groups is 1. The number of likely N-dealkylation sites (N-methyl/N-ethyl adjacent to an activating group) is 1. The third-order valence-corrected chi connectivity index (χ3v) is 3.91. The smallest absolute Gasteiger partial charge is 0.309 e. The van der Waals surface area contributed by atoms with E-state index in [1.807, 2.05) is 61.5 Å². The number of hydrogen-bond acceptors (Lipinski definition) is 4. The maximum Gasteiger partial charge on any atom is 0.309 e. The highest BCUT2D eigenvalue weighted by Crippen LogP contribution is 2.43. The van der Waals surface area contributed by atoms with E-state index in [0.717, 1.165) is 29.0 Å². The summed E-state index contributed by atoms with van der Waals surface area (Å²) < 4.78 is 11.3. The summed E-state index contributed by atoms with van der Waals surface area (Å²) in [6.45, 7) is 1.12. The molecule has 0 radical (unpaired) electrons. The SMILES string of the molecule is CN(C)CCOC(=O)CC1Oc2ccccc2-c2ccccc21. The summed E-state index contributed by atoms with van der Waals surface area (Å²) in [7, 11) is 3.90. The van der Waals surface area contributed by atoms with Crippen LogP contribution < -0.4 is 4.74 Å². The number of carbonyl (C=O) groups excluding carboxylic acids is 1. The van der Waals surface area contributed by atoms with Crippen molar-refractivity contribution in [2.75, 3.05) is 27.2 Å². The fourth-order valence-electron chi connectivity index (χ4n) is 2.74. The number of esters is 1. The lowest BCUT2D eigenvalue weighted by molar-refractivity contribution is -0.145. The second-order valence-corrected chi connectivity index (χ2v) is 5.92. The Kier molecular flexibility index (Phi) is 4.63. The Balaban J connectivity index is 1.76. The average molecular weight is 311 g/mol. The van der Waals surface area contributed by atoms with Crippen LogP contribution in [0.4, 0.5) is 0 Å². The first-order chi connectivity index (χ1) is 11.1. The summed E-state index contributed by atoms with van der Waals surface area (Å²) >= 11 is 0. The lowest BCUT2D eigenvalue weighted by atomic mass is 9.91. The minimum absolute atomic E-state index is 0.221. The van der Waals surface area contributed by atoms with Gasteiger partial charge < -0.3 is 14.4 Å². The maximum absolute atomic E-state index is 12.1. The first-order valence-corrected chi connectivity index (χ1v) is 7.80. The molecule has 0 aliphatic carbocycles. The molecular weight excluding hydrogens is 290 g/mol. The predicted octanol–water partition coefficient (Wildman–Crippen LogP) is 3.28. The molecule has 1 unspecified atom stereocenters. The molecule has 0 saturated heterocycles. The minimum Gasteiger partial charge on any atom is -0.484 e. The molecule has 4 heteroatoms. The highest BCUT2D eigenvalue weighted by Gasteiger charge is 2.27. The molecule has 0 fully saturated rings. The van der Waals surface area contributed by atoms with Crippen LogP contribution in [0.1, 0.15) is 18.1 Å². The van der Waals surface area contributed by atoms with E-state index in [1.54, 1.807) is 0 Å². The van der Waals surface area contributed by atoms with Crippen molar-refractivity contribution in [1.29, 1.82) is 0 Å². The quantitative estimate of drug-likeness (QED) is 0.794. The molecular formula is C19H21NO3. The Bertz CT molecular complexity index is 697. The molecule has 0 saturated carbocycles. The number of hydrogen-bond donors (Lipinski definition) is 0. The van der Waals surface area contributed by atoms with Crippen molar-refractivity contribution in [3.05, 3.63) is 54.1 Å². The number of rotatable bonds is 5. The van der Waals surface area contributed by atoms with Crippen LogP contribution in [0.2, 0.25) is 0 Å². The van der Waals surface area contributed by atoms with Crippen LogP contribution in [0.5, 0.6) is 5.75 Å². The molecule has 4 nitrogen and oxygen atoms in total. The summed E-state index contributed by atoms with van der Waals surface area (Å²) in [5.74, 6) is 0.586. The summed E-state index contributed by atoms with van der Waals surface area (Å²) in [4.78, 5) is 14.1. The van der Waals surface area contributed by atoms with E-state index in [-0.39, 0.29) is 18.5 Å². The van der Waals surface area contributed by atoms with Crippen LogP contribution in [0.3, 0.4) is 0 Å². The third-order valence-electron chi connectivity index (χ3n) is 3.91. The highest BCUT2D eigenvalue weighted by molar-refractivity contribution is 5.77. The van der Waals surface area contributed by atoms with E-state index in [4.69, 9.17) is 9.47 Å². The number of ether oxygens (including phenoxy) is 2. The van der Waals surface area contributed by atoms with E-state index in [2.05, 4.69) is 6.07 Å². The normalized spacial score (nSPS) is 15.5. The van der Waals surface area contributed by atoms with Crippen LogP contribution in [0, 0.1) is 0 Å². The largest absolute Gasteiger partial charge is 0.484 e. The average Bonchev–Trinajstić information content (AvgIpc) is 2.55. The summed E-state index contributed by atoms with van der Waals surface area (Å²) in [6.07, 6.45) is -0.0772. The van der Waals surface area contributed by atoms with Crippen LogP contribution in [-0.4, -0.2) is 38.1 Å². The van der Waals surface area contributed by atoms with Gasteiger partial charge in [0.25, 0.3) is 0 Å². The lowest BCUT2D eigenvalue weighted by Crippen LogP contribution is -2.23. The second kappa shape index (κ2) is 6.84. The first-order valence-electron chi connectivity index (χ1n) is 7.80. The first kappa shape index (κ1) is 15.6. The third kappa shape index (κ3) is 3.54. The topological polar surface area (TPSA) is 38.8 Å². The second-order valence-electron chi connectivity index (χ2n) is 5.92. The van der Waals surface area contributed by atoms with E-state index in [1.165, 1.54) is 0 Å². The van der Waals surface area contributed by atoms with Gasteiger partial charge in [0, 0.05) is 17.7 Å². The molecule has 1 atom stereocenters. The zero-order valence-electron chi connectivity index (χ0n) is 13.5. The Morgan fingerprint density at radius 3 is 2.57 bits per heavy atom. The van der Waals surface area contributed by atoms with Crippen molar-refractivity contribution < 1.29 is 14.3 Å². The van der Waals surface area contributed by atoms with Gasteiger partial charge in [0.05, 0.1) is 6.42 Å². The summed E-state index contributed by atoms with van der Waals surface area (Å²) in [6, 6.07) is 16.0. The zero-order chi connectivity index (χ0) is 16.2. The van der Waals surface area contributed by atoms with Gasteiger partial charge >= 0.3 is 5.97 Å². The summed E-state index contributed by atoms with van der Waals surface area (Å²) in [5, 5.41) is 0. The van der Waals surface area contributed by atoms with E-state index in [9.17, 15) is 4.79 Å². The van der Waals surface area contributed by atoms with Crippen molar-refractivity contribution in [3.63, 3.8) is 0 Å². The van der Waals surface area contributed by atoms with Crippen molar-refractivity contribution in [2.45, 2.75) is 12.5 Å². The molecule has 2 aromatic rings. The number of para-hydroxylation sites is 1. The van der Waals surface area contributed by atoms with Gasteiger partial charge in [0.1, 0.15) is 18.5 Å².